The van der Waals surface area contributed by atoms with E-state index < -0.39 is 0 Å². The van der Waals surface area contributed by atoms with E-state index in [2.05, 4.69) is 30.6 Å². The van der Waals surface area contributed by atoms with Crippen molar-refractivity contribution in [2.24, 2.45) is 0 Å². The molecule has 2 rings (SSSR count). The summed E-state index contributed by atoms with van der Waals surface area (Å²) in [5, 5.41) is 6.06. The average molecular weight is 316 g/mol. The second-order valence-electron chi connectivity index (χ2n) is 4.13. The van der Waals surface area contributed by atoms with Crippen LogP contribution in [0.4, 0.5) is 5.95 Å². The van der Waals surface area contributed by atoms with Crippen LogP contribution in [0.5, 0.6) is 0 Å². The first-order valence-electron chi connectivity index (χ1n) is 6.56. The molecule has 1 amide bonds. The molecule has 0 saturated heterocycles. The Hall–Kier alpha value is -2.32. The van der Waals surface area contributed by atoms with Crippen molar-refractivity contribution in [2.45, 2.75) is 5.16 Å². The smallest absolute Gasteiger partial charge is 0.250 e. The van der Waals surface area contributed by atoms with Crippen LogP contribution >= 0.6 is 11.8 Å². The van der Waals surface area contributed by atoms with Gasteiger partial charge >= 0.3 is 0 Å². The van der Waals surface area contributed by atoms with Crippen molar-refractivity contribution in [3.63, 3.8) is 0 Å². The molecule has 0 unspecified atom stereocenters. The summed E-state index contributed by atoms with van der Waals surface area (Å²) in [5.41, 5.74) is 0.626. The van der Waals surface area contributed by atoms with Crippen LogP contribution < -0.4 is 10.6 Å². The van der Waals surface area contributed by atoms with E-state index in [9.17, 15) is 4.79 Å². The molecule has 8 heteroatoms. The number of rotatable bonds is 6. The summed E-state index contributed by atoms with van der Waals surface area (Å²) < 4.78 is 0. The third-order valence-electron chi connectivity index (χ3n) is 2.52. The Balaban J connectivity index is 2.23. The first-order chi connectivity index (χ1) is 10.7. The molecule has 114 valence electrons. The van der Waals surface area contributed by atoms with Gasteiger partial charge in [-0.2, -0.15) is 9.97 Å². The van der Waals surface area contributed by atoms with Gasteiger partial charge in [-0.15, -0.1) is 0 Å². The van der Waals surface area contributed by atoms with E-state index in [4.69, 9.17) is 0 Å². The molecule has 0 aliphatic heterocycles. The minimum Gasteiger partial charge on any atom is -0.316 e. The van der Waals surface area contributed by atoms with Gasteiger partial charge in [0.1, 0.15) is 5.69 Å². The molecule has 0 bridgehead atoms. The molecule has 0 atom stereocenters. The maximum atomic E-state index is 11.8. The van der Waals surface area contributed by atoms with Gasteiger partial charge in [0.05, 0.1) is 0 Å². The van der Waals surface area contributed by atoms with Gasteiger partial charge in [0.2, 0.25) is 11.9 Å². The molecule has 7 nitrogen and oxygen atoms in total. The minimum atomic E-state index is -0.291. The van der Waals surface area contributed by atoms with Crippen LogP contribution in [0.2, 0.25) is 0 Å². The van der Waals surface area contributed by atoms with Crippen LogP contribution in [0.1, 0.15) is 0 Å². The first-order valence-corrected chi connectivity index (χ1v) is 7.79. The topological polar surface area (TPSA) is 92.7 Å². The van der Waals surface area contributed by atoms with Gasteiger partial charge in [0.25, 0.3) is 0 Å². The number of hydrogen-bond acceptors (Lipinski definition) is 7. The summed E-state index contributed by atoms with van der Waals surface area (Å²) in [7, 11) is 1.80. The molecule has 0 spiro atoms. The van der Waals surface area contributed by atoms with E-state index in [1.165, 1.54) is 17.8 Å². The largest absolute Gasteiger partial charge is 0.316 e. The monoisotopic (exact) mass is 316 g/mol. The zero-order valence-corrected chi connectivity index (χ0v) is 13.1. The lowest BCUT2D eigenvalue weighted by molar-refractivity contribution is -0.112. The van der Waals surface area contributed by atoms with Gasteiger partial charge in [0.15, 0.2) is 11.0 Å². The van der Waals surface area contributed by atoms with Crippen LogP contribution in [-0.4, -0.2) is 45.7 Å². The van der Waals surface area contributed by atoms with E-state index in [-0.39, 0.29) is 11.9 Å². The number of carbonyl (C=O) groups excluding carboxylic acids is 1. The fourth-order valence-corrected chi connectivity index (χ4v) is 1.90. The number of pyridine rings is 1. The number of anilines is 1. The molecule has 22 heavy (non-hydrogen) atoms. The van der Waals surface area contributed by atoms with Crippen LogP contribution in [0.3, 0.4) is 0 Å². The lowest BCUT2D eigenvalue weighted by Gasteiger charge is -2.05. The van der Waals surface area contributed by atoms with Crippen LogP contribution in [-0.2, 0) is 4.79 Å². The van der Waals surface area contributed by atoms with Crippen molar-refractivity contribution in [3.8, 4) is 11.5 Å². The third-order valence-corrected chi connectivity index (χ3v) is 3.07. The molecule has 2 aromatic heterocycles. The zero-order chi connectivity index (χ0) is 15.8. The van der Waals surface area contributed by atoms with Crippen molar-refractivity contribution in [3.05, 3.63) is 36.5 Å². The maximum absolute atomic E-state index is 11.8. The fourth-order valence-electron chi connectivity index (χ4n) is 1.55. The number of aromatic nitrogens is 4. The van der Waals surface area contributed by atoms with Crippen LogP contribution in [0, 0.1) is 0 Å². The van der Waals surface area contributed by atoms with E-state index in [0.717, 1.165) is 0 Å². The summed E-state index contributed by atoms with van der Waals surface area (Å²) in [6.07, 6.45) is 6.66. The molecule has 2 N–H and O–H groups in total. The molecule has 0 fully saturated rings. The lowest BCUT2D eigenvalue weighted by atomic mass is 10.3. The summed E-state index contributed by atoms with van der Waals surface area (Å²) in [6, 6.07) is 5.47. The van der Waals surface area contributed by atoms with Crippen molar-refractivity contribution in [1.29, 1.82) is 0 Å². The predicted octanol–water partition coefficient (Wildman–Crippen LogP) is 1.37. The van der Waals surface area contributed by atoms with Gasteiger partial charge in [-0.1, -0.05) is 23.9 Å². The van der Waals surface area contributed by atoms with Gasteiger partial charge in [-0.25, -0.2) is 4.98 Å². The van der Waals surface area contributed by atoms with Crippen molar-refractivity contribution < 1.29 is 4.79 Å². The predicted molar refractivity (Wildman–Crippen MR) is 86.5 cm³/mol. The highest BCUT2D eigenvalue weighted by Gasteiger charge is 2.10. The SMILES string of the molecule is CNCC=CC(=O)Nc1nc(SC)nc(-c2ccccn2)n1. The number of likely N-dealkylation sites (N-methyl/N-ethyl adjacent to an activating group) is 1. The normalized spacial score (nSPS) is 10.8. The highest BCUT2D eigenvalue weighted by molar-refractivity contribution is 7.98. The van der Waals surface area contributed by atoms with Crippen molar-refractivity contribution in [1.82, 2.24) is 25.3 Å². The lowest BCUT2D eigenvalue weighted by Crippen LogP contribution is -2.13. The molecule has 0 saturated carbocycles. The fraction of sp³-hybridized carbons (Fsp3) is 0.214. The Bertz CT molecular complexity index is 662. The van der Waals surface area contributed by atoms with Crippen LogP contribution in [0.15, 0.2) is 41.7 Å². The Morgan fingerprint density at radius 3 is 2.86 bits per heavy atom. The summed E-state index contributed by atoms with van der Waals surface area (Å²) in [5.74, 6) is 0.342. The van der Waals surface area contributed by atoms with E-state index in [0.29, 0.717) is 23.2 Å². The highest BCUT2D eigenvalue weighted by atomic mass is 32.2. The van der Waals surface area contributed by atoms with Gasteiger partial charge in [0, 0.05) is 18.8 Å². The molecular formula is C14H16N6OS. The Morgan fingerprint density at radius 1 is 1.32 bits per heavy atom. The molecule has 0 aliphatic carbocycles. The van der Waals surface area contributed by atoms with Gasteiger partial charge < -0.3 is 5.32 Å². The molecule has 2 heterocycles. The van der Waals surface area contributed by atoms with Gasteiger partial charge in [-0.3, -0.25) is 15.1 Å². The second-order valence-corrected chi connectivity index (χ2v) is 4.91. The highest BCUT2D eigenvalue weighted by Crippen LogP contribution is 2.17. The molecule has 0 aliphatic rings. The van der Waals surface area contributed by atoms with Gasteiger partial charge in [-0.05, 0) is 25.4 Å². The average Bonchev–Trinajstić information content (AvgIpc) is 2.55. The molecule has 0 radical (unpaired) electrons. The van der Waals surface area contributed by atoms with Crippen molar-refractivity contribution in [2.75, 3.05) is 25.2 Å². The van der Waals surface area contributed by atoms with E-state index in [1.54, 1.807) is 25.4 Å². The second kappa shape index (κ2) is 8.20. The maximum Gasteiger partial charge on any atom is 0.250 e. The quantitative estimate of drug-likeness (QED) is 0.614. The Morgan fingerprint density at radius 2 is 2.18 bits per heavy atom. The number of amides is 1. The van der Waals surface area contributed by atoms with E-state index in [1.807, 2.05) is 18.4 Å². The molecule has 0 aromatic carbocycles. The number of carbonyl (C=O) groups is 1. The van der Waals surface area contributed by atoms with E-state index >= 15 is 0 Å². The summed E-state index contributed by atoms with van der Waals surface area (Å²) in [4.78, 5) is 28.7. The zero-order valence-electron chi connectivity index (χ0n) is 12.3. The van der Waals surface area contributed by atoms with Crippen LogP contribution in [0.25, 0.3) is 11.5 Å². The molecule has 2 aromatic rings. The van der Waals surface area contributed by atoms with Crippen molar-refractivity contribution >= 4 is 23.6 Å². The minimum absolute atomic E-state index is 0.208. The number of thioether (sulfide) groups is 1. The summed E-state index contributed by atoms with van der Waals surface area (Å²) in [6.45, 7) is 0.611. The Kier molecular flexibility index (Phi) is 5.99. The Labute approximate surface area is 132 Å². The number of nitrogens with zero attached hydrogens (tertiary/aromatic N) is 4. The summed E-state index contributed by atoms with van der Waals surface area (Å²) >= 11 is 1.37. The number of nitrogens with one attached hydrogen (secondary N) is 2. The third kappa shape index (κ3) is 4.61. The first kappa shape index (κ1) is 16.1. The molecular weight excluding hydrogens is 300 g/mol. The number of hydrogen-bond donors (Lipinski definition) is 2. The standard InChI is InChI=1S/C14H16N6OS/c1-15-8-5-7-11(21)17-13-18-12(19-14(20-13)22-2)10-6-3-4-9-16-10/h3-7,9,15H,8H2,1-2H3,(H,17,18,19,20,21).